The molecule has 200 valence electrons. The van der Waals surface area contributed by atoms with Gasteiger partial charge in [0, 0.05) is 0 Å². The number of ether oxygens (including phenoxy) is 4. The van der Waals surface area contributed by atoms with Gasteiger partial charge in [0.15, 0.2) is 11.9 Å². The Morgan fingerprint density at radius 1 is 0.706 bits per heavy atom. The van der Waals surface area contributed by atoms with E-state index in [1.165, 1.54) is 0 Å². The van der Waals surface area contributed by atoms with Crippen molar-refractivity contribution in [1.82, 2.24) is 0 Å². The summed E-state index contributed by atoms with van der Waals surface area (Å²) in [6.07, 6.45) is -19.7. The molecule has 3 rings (SSSR count). The van der Waals surface area contributed by atoms with E-state index in [1.807, 2.05) is 0 Å². The highest BCUT2D eigenvalue weighted by Crippen LogP contribution is 2.50. The van der Waals surface area contributed by atoms with Crippen molar-refractivity contribution in [1.29, 1.82) is 0 Å². The molecule has 0 aromatic carbocycles. The van der Waals surface area contributed by atoms with Gasteiger partial charge in [-0.1, -0.05) is 0 Å². The molecule has 0 aromatic rings. The van der Waals surface area contributed by atoms with Gasteiger partial charge in [0.1, 0.15) is 61.0 Å². The SMILES string of the molecule is OC[C@H]1O[C@](O[C@H]2O[C@H](CO)[C@H](Cl)[C@H](O)[C@H]2O)([C@]2(CCl)O[C@H](CCl)[C@@H](O)[C@@H]2O)[C@H](O)[C@@H](O)[C@H]1O. The molecule has 0 unspecified atom stereocenters. The summed E-state index contributed by atoms with van der Waals surface area (Å²) in [5, 5.41) is 92.1. The molecule has 13 nitrogen and oxygen atoms in total. The van der Waals surface area contributed by atoms with E-state index in [1.54, 1.807) is 0 Å². The minimum absolute atomic E-state index is 0.362. The minimum Gasteiger partial charge on any atom is -0.394 e. The molecule has 0 radical (unpaired) electrons. The van der Waals surface area contributed by atoms with Crippen molar-refractivity contribution in [3.05, 3.63) is 0 Å². The van der Waals surface area contributed by atoms with Gasteiger partial charge in [-0.05, 0) is 0 Å². The fourth-order valence-electron chi connectivity index (χ4n) is 4.50. The number of rotatable bonds is 7. The van der Waals surface area contributed by atoms with Crippen LogP contribution in [0.15, 0.2) is 0 Å². The standard InChI is InChI=1S/C18H29Cl3O13/c19-1-5-10(25)14(29)17(4-20,32-5)18(15(30)12(27)9(24)7(3-23)33-18)34-16-13(28)11(26)8(21)6(2-22)31-16/h5-16,22-30H,1-4H2/t5-,6-,7-,8+,9+,10-,11+,12+,13-,14+,15-,16-,17-,18-/m1/s1. The van der Waals surface area contributed by atoms with Gasteiger partial charge in [-0.25, -0.2) is 0 Å². The lowest BCUT2D eigenvalue weighted by Crippen LogP contribution is -2.79. The van der Waals surface area contributed by atoms with Crippen LogP contribution in [0.25, 0.3) is 0 Å². The lowest BCUT2D eigenvalue weighted by molar-refractivity contribution is -0.458. The first kappa shape index (κ1) is 28.9. The molecule has 0 bridgehead atoms. The zero-order chi connectivity index (χ0) is 25.6. The maximum absolute atomic E-state index is 11.1. The molecule has 14 atom stereocenters. The first-order valence-electron chi connectivity index (χ1n) is 10.4. The lowest BCUT2D eigenvalue weighted by atomic mass is 9.78. The van der Waals surface area contributed by atoms with Gasteiger partial charge >= 0.3 is 0 Å². The van der Waals surface area contributed by atoms with Gasteiger partial charge in [0.05, 0.1) is 30.4 Å². The number of alkyl halides is 3. The quantitative estimate of drug-likeness (QED) is 0.135. The van der Waals surface area contributed by atoms with Gasteiger partial charge in [-0.2, -0.15) is 0 Å². The zero-order valence-electron chi connectivity index (χ0n) is 17.5. The highest BCUT2D eigenvalue weighted by Gasteiger charge is 2.74. The summed E-state index contributed by atoms with van der Waals surface area (Å²) in [6, 6.07) is 0. The Bertz CT molecular complexity index is 691. The monoisotopic (exact) mass is 558 g/mol. The Labute approximate surface area is 208 Å². The third-order valence-corrected chi connectivity index (χ3v) is 7.77. The highest BCUT2D eigenvalue weighted by atomic mass is 35.5. The van der Waals surface area contributed by atoms with E-state index in [4.69, 9.17) is 53.8 Å². The summed E-state index contributed by atoms with van der Waals surface area (Å²) < 4.78 is 22.6. The molecular formula is C18H29Cl3O13. The van der Waals surface area contributed by atoms with E-state index in [9.17, 15) is 46.0 Å². The summed E-state index contributed by atoms with van der Waals surface area (Å²) in [6.45, 7) is -1.65. The molecule has 0 aromatic heterocycles. The normalized spacial score (nSPS) is 54.4. The predicted molar refractivity (Wildman–Crippen MR) is 112 cm³/mol. The van der Waals surface area contributed by atoms with E-state index in [0.717, 1.165) is 0 Å². The van der Waals surface area contributed by atoms with E-state index >= 15 is 0 Å². The Morgan fingerprint density at radius 3 is 1.82 bits per heavy atom. The number of aliphatic hydroxyl groups is 9. The molecule has 3 fully saturated rings. The fourth-order valence-corrected chi connectivity index (χ4v) is 5.44. The zero-order valence-corrected chi connectivity index (χ0v) is 19.8. The Balaban J connectivity index is 2.13. The summed E-state index contributed by atoms with van der Waals surface area (Å²) in [5.74, 6) is -3.98. The molecule has 3 heterocycles. The van der Waals surface area contributed by atoms with Crippen molar-refractivity contribution < 1.29 is 64.9 Å². The second kappa shape index (κ2) is 11.0. The van der Waals surface area contributed by atoms with Gasteiger partial charge in [-0.15, -0.1) is 34.8 Å². The summed E-state index contributed by atoms with van der Waals surface area (Å²) >= 11 is 17.9. The molecule has 3 saturated heterocycles. The van der Waals surface area contributed by atoms with Crippen LogP contribution < -0.4 is 0 Å². The van der Waals surface area contributed by atoms with Crippen molar-refractivity contribution in [2.45, 2.75) is 84.1 Å². The van der Waals surface area contributed by atoms with Crippen molar-refractivity contribution >= 4 is 34.8 Å². The molecule has 34 heavy (non-hydrogen) atoms. The first-order valence-corrected chi connectivity index (χ1v) is 11.9. The summed E-state index contributed by atoms with van der Waals surface area (Å²) in [4.78, 5) is 0. The molecule has 9 N–H and O–H groups in total. The molecular weight excluding hydrogens is 531 g/mol. The van der Waals surface area contributed by atoms with Gasteiger partial charge in [0.2, 0.25) is 5.79 Å². The molecule has 0 amide bonds. The van der Waals surface area contributed by atoms with E-state index < -0.39 is 103 Å². The fraction of sp³-hybridized carbons (Fsp3) is 1.00. The Hall–Kier alpha value is 0.350. The predicted octanol–water partition coefficient (Wildman–Crippen LogP) is -4.44. The van der Waals surface area contributed by atoms with E-state index in [2.05, 4.69) is 0 Å². The number of hydrogen-bond donors (Lipinski definition) is 9. The summed E-state index contributed by atoms with van der Waals surface area (Å²) in [5.41, 5.74) is -2.43. The van der Waals surface area contributed by atoms with Crippen LogP contribution in [0.4, 0.5) is 0 Å². The highest BCUT2D eigenvalue weighted by molar-refractivity contribution is 6.21. The first-order chi connectivity index (χ1) is 16.0. The van der Waals surface area contributed by atoms with Crippen LogP contribution in [0.1, 0.15) is 0 Å². The van der Waals surface area contributed by atoms with Gasteiger partial charge < -0.3 is 64.9 Å². The van der Waals surface area contributed by atoms with Crippen molar-refractivity contribution in [2.24, 2.45) is 0 Å². The van der Waals surface area contributed by atoms with Crippen LogP contribution in [-0.4, -0.2) is 155 Å². The Morgan fingerprint density at radius 2 is 1.32 bits per heavy atom. The molecule has 0 saturated carbocycles. The van der Waals surface area contributed by atoms with Crippen molar-refractivity contribution in [2.75, 3.05) is 25.0 Å². The topological polar surface area (TPSA) is 219 Å². The number of hydrogen-bond acceptors (Lipinski definition) is 13. The number of halogens is 3. The molecule has 16 heteroatoms. The smallest absolute Gasteiger partial charge is 0.234 e. The number of aliphatic hydroxyl groups excluding tert-OH is 9. The van der Waals surface area contributed by atoms with E-state index in [0.29, 0.717) is 0 Å². The van der Waals surface area contributed by atoms with Crippen LogP contribution in [0.2, 0.25) is 0 Å². The Kier molecular flexibility index (Phi) is 9.35. The van der Waals surface area contributed by atoms with Gasteiger partial charge in [0.25, 0.3) is 0 Å². The average Bonchev–Trinajstić information content (AvgIpc) is 3.10. The van der Waals surface area contributed by atoms with Crippen molar-refractivity contribution in [3.63, 3.8) is 0 Å². The third kappa shape index (κ3) is 4.36. The maximum atomic E-state index is 11.1. The van der Waals surface area contributed by atoms with Crippen LogP contribution in [-0.2, 0) is 18.9 Å². The molecule has 0 spiro atoms. The lowest BCUT2D eigenvalue weighted by Gasteiger charge is -2.57. The second-order valence-corrected chi connectivity index (χ2v) is 9.55. The largest absolute Gasteiger partial charge is 0.394 e. The molecule has 3 aliphatic rings. The van der Waals surface area contributed by atoms with Crippen LogP contribution in [0.5, 0.6) is 0 Å². The third-order valence-electron chi connectivity index (χ3n) is 6.52. The van der Waals surface area contributed by atoms with Gasteiger partial charge in [-0.3, -0.25) is 0 Å². The summed E-state index contributed by atoms with van der Waals surface area (Å²) in [7, 11) is 0. The van der Waals surface area contributed by atoms with Crippen LogP contribution in [0.3, 0.4) is 0 Å². The van der Waals surface area contributed by atoms with E-state index in [-0.39, 0.29) is 5.88 Å². The maximum Gasteiger partial charge on any atom is 0.234 e. The average molecular weight is 560 g/mol. The van der Waals surface area contributed by atoms with Crippen molar-refractivity contribution in [3.8, 4) is 0 Å². The van der Waals surface area contributed by atoms with Crippen LogP contribution >= 0.6 is 34.8 Å². The molecule has 0 aliphatic carbocycles. The minimum atomic E-state index is -2.84. The second-order valence-electron chi connectivity index (χ2n) is 8.47. The molecule has 3 aliphatic heterocycles. The van der Waals surface area contributed by atoms with Crippen LogP contribution in [0, 0.1) is 0 Å².